The van der Waals surface area contributed by atoms with E-state index in [2.05, 4.69) is 58.9 Å². The van der Waals surface area contributed by atoms with Crippen molar-refractivity contribution in [3.05, 3.63) is 60.2 Å². The second kappa shape index (κ2) is 7.80. The van der Waals surface area contributed by atoms with Crippen molar-refractivity contribution < 1.29 is 0 Å². The molecule has 0 saturated carbocycles. The van der Waals surface area contributed by atoms with E-state index >= 15 is 0 Å². The molecule has 1 unspecified atom stereocenters. The number of hydrogen-bond acceptors (Lipinski definition) is 2. The number of anilines is 2. The third kappa shape index (κ3) is 4.46. The number of thiocarbonyl (C=S) groups is 1. The summed E-state index contributed by atoms with van der Waals surface area (Å²) in [7, 11) is 4.06. The average molecular weight is 313 g/mol. The minimum atomic E-state index is 0.224. The molecule has 0 fully saturated rings. The lowest BCUT2D eigenvalue weighted by Gasteiger charge is -2.20. The zero-order valence-corrected chi connectivity index (χ0v) is 14.2. The lowest BCUT2D eigenvalue weighted by molar-refractivity contribution is 0.629. The molecule has 0 aromatic heterocycles. The molecule has 0 aliphatic carbocycles. The Balaban J connectivity index is 1.97. The van der Waals surface area contributed by atoms with Gasteiger partial charge < -0.3 is 15.5 Å². The second-order valence-corrected chi connectivity index (χ2v) is 5.82. The van der Waals surface area contributed by atoms with Gasteiger partial charge in [0.25, 0.3) is 0 Å². The second-order valence-electron chi connectivity index (χ2n) is 5.41. The van der Waals surface area contributed by atoms with Gasteiger partial charge in [0.05, 0.1) is 6.04 Å². The van der Waals surface area contributed by atoms with E-state index in [1.807, 2.05) is 32.3 Å². The molecule has 0 aliphatic rings. The van der Waals surface area contributed by atoms with Gasteiger partial charge in [-0.1, -0.05) is 37.3 Å². The highest BCUT2D eigenvalue weighted by Gasteiger charge is 2.10. The Morgan fingerprint density at radius 1 is 1.05 bits per heavy atom. The van der Waals surface area contributed by atoms with Crippen LogP contribution in [-0.2, 0) is 0 Å². The van der Waals surface area contributed by atoms with Gasteiger partial charge in [-0.15, -0.1) is 0 Å². The normalized spacial score (nSPS) is 11.6. The van der Waals surface area contributed by atoms with E-state index in [9.17, 15) is 0 Å². The Morgan fingerprint density at radius 2 is 1.68 bits per heavy atom. The van der Waals surface area contributed by atoms with Crippen LogP contribution in [0.5, 0.6) is 0 Å². The first-order valence-electron chi connectivity index (χ1n) is 7.50. The number of rotatable bonds is 5. The largest absolute Gasteiger partial charge is 0.378 e. The summed E-state index contributed by atoms with van der Waals surface area (Å²) in [6.07, 6.45) is 0.978. The highest BCUT2D eigenvalue weighted by atomic mass is 32.1. The van der Waals surface area contributed by atoms with Crippen LogP contribution in [0.4, 0.5) is 11.4 Å². The minimum Gasteiger partial charge on any atom is -0.378 e. The highest BCUT2D eigenvalue weighted by Crippen LogP contribution is 2.18. The molecule has 0 radical (unpaired) electrons. The summed E-state index contributed by atoms with van der Waals surface area (Å²) in [5, 5.41) is 7.27. The maximum atomic E-state index is 5.43. The highest BCUT2D eigenvalue weighted by molar-refractivity contribution is 7.80. The lowest BCUT2D eigenvalue weighted by atomic mass is 10.1. The van der Waals surface area contributed by atoms with Crippen molar-refractivity contribution in [2.75, 3.05) is 24.3 Å². The summed E-state index contributed by atoms with van der Waals surface area (Å²) >= 11 is 5.43. The fourth-order valence-corrected chi connectivity index (χ4v) is 2.53. The van der Waals surface area contributed by atoms with Crippen LogP contribution in [0, 0.1) is 0 Å². The van der Waals surface area contributed by atoms with Crippen molar-refractivity contribution in [3.8, 4) is 0 Å². The van der Waals surface area contributed by atoms with Crippen molar-refractivity contribution in [2.24, 2.45) is 0 Å². The van der Waals surface area contributed by atoms with Crippen molar-refractivity contribution in [3.63, 3.8) is 0 Å². The van der Waals surface area contributed by atoms with Gasteiger partial charge in [0.1, 0.15) is 0 Å². The maximum Gasteiger partial charge on any atom is 0.171 e. The summed E-state index contributed by atoms with van der Waals surface area (Å²) in [6.45, 7) is 2.15. The molecule has 116 valence electrons. The Hall–Kier alpha value is -2.07. The zero-order valence-electron chi connectivity index (χ0n) is 13.3. The molecule has 2 aromatic rings. The van der Waals surface area contributed by atoms with E-state index in [1.54, 1.807) is 0 Å². The minimum absolute atomic E-state index is 0.224. The molecule has 0 aliphatic heterocycles. The van der Waals surface area contributed by atoms with E-state index in [-0.39, 0.29) is 6.04 Å². The zero-order chi connectivity index (χ0) is 15.9. The summed E-state index contributed by atoms with van der Waals surface area (Å²) in [5.74, 6) is 0. The summed E-state index contributed by atoms with van der Waals surface area (Å²) in [4.78, 5) is 2.07. The smallest absolute Gasteiger partial charge is 0.171 e. The summed E-state index contributed by atoms with van der Waals surface area (Å²) in [6, 6.07) is 18.8. The van der Waals surface area contributed by atoms with E-state index in [4.69, 9.17) is 12.2 Å². The van der Waals surface area contributed by atoms with Gasteiger partial charge in [-0.05, 0) is 48.5 Å². The average Bonchev–Trinajstić information content (AvgIpc) is 2.54. The van der Waals surface area contributed by atoms with Crippen molar-refractivity contribution >= 4 is 28.7 Å². The van der Waals surface area contributed by atoms with Gasteiger partial charge in [-0.2, -0.15) is 0 Å². The molecule has 2 aromatic carbocycles. The van der Waals surface area contributed by atoms with Crippen LogP contribution in [0.1, 0.15) is 24.9 Å². The fraction of sp³-hybridized carbons (Fsp3) is 0.278. The molecule has 2 rings (SSSR count). The first-order chi connectivity index (χ1) is 10.6. The molecule has 0 spiro atoms. The van der Waals surface area contributed by atoms with E-state index < -0.39 is 0 Å². The molecule has 0 heterocycles. The van der Waals surface area contributed by atoms with Crippen LogP contribution in [0.3, 0.4) is 0 Å². The molecule has 1 atom stereocenters. The van der Waals surface area contributed by atoms with Crippen LogP contribution in [-0.4, -0.2) is 19.2 Å². The van der Waals surface area contributed by atoms with Gasteiger partial charge in [-0.3, -0.25) is 0 Å². The number of nitrogens with one attached hydrogen (secondary N) is 2. The van der Waals surface area contributed by atoms with Gasteiger partial charge in [0, 0.05) is 25.5 Å². The Kier molecular flexibility index (Phi) is 5.78. The molecule has 0 saturated heterocycles. The molecule has 4 heteroatoms. The van der Waals surface area contributed by atoms with Gasteiger partial charge in [-0.25, -0.2) is 0 Å². The van der Waals surface area contributed by atoms with Crippen LogP contribution in [0.25, 0.3) is 0 Å². The molecular weight excluding hydrogens is 290 g/mol. The molecule has 0 amide bonds. The quantitative estimate of drug-likeness (QED) is 0.809. The summed E-state index contributed by atoms with van der Waals surface area (Å²) in [5.41, 5.74) is 3.41. The topological polar surface area (TPSA) is 27.3 Å². The molecule has 2 N–H and O–H groups in total. The standard InChI is InChI=1S/C18H23N3S/c1-4-17(14-8-6-5-7-9-14)20-18(22)19-15-10-12-16(13-11-15)21(2)3/h5-13,17H,4H2,1-3H3,(H2,19,20,22). The van der Waals surface area contributed by atoms with E-state index in [0.29, 0.717) is 5.11 Å². The van der Waals surface area contributed by atoms with Crippen molar-refractivity contribution in [1.29, 1.82) is 0 Å². The van der Waals surface area contributed by atoms with Gasteiger partial charge in [0.15, 0.2) is 5.11 Å². The third-order valence-corrected chi connectivity index (χ3v) is 3.78. The molecule has 22 heavy (non-hydrogen) atoms. The fourth-order valence-electron chi connectivity index (χ4n) is 2.27. The predicted molar refractivity (Wildman–Crippen MR) is 99.6 cm³/mol. The number of benzene rings is 2. The third-order valence-electron chi connectivity index (χ3n) is 3.56. The van der Waals surface area contributed by atoms with Gasteiger partial charge >= 0.3 is 0 Å². The Labute approximate surface area is 138 Å². The lowest BCUT2D eigenvalue weighted by Crippen LogP contribution is -2.32. The van der Waals surface area contributed by atoms with Gasteiger partial charge in [0.2, 0.25) is 0 Å². The molecular formula is C18H23N3S. The first kappa shape index (κ1) is 16.3. The van der Waals surface area contributed by atoms with Crippen molar-refractivity contribution in [2.45, 2.75) is 19.4 Å². The maximum absolute atomic E-state index is 5.43. The Bertz CT molecular complexity index is 593. The van der Waals surface area contributed by atoms with E-state index in [1.165, 1.54) is 11.3 Å². The Morgan fingerprint density at radius 3 is 2.23 bits per heavy atom. The first-order valence-corrected chi connectivity index (χ1v) is 7.91. The molecule has 0 bridgehead atoms. The van der Waals surface area contributed by atoms with Crippen LogP contribution in [0.15, 0.2) is 54.6 Å². The molecule has 3 nitrogen and oxygen atoms in total. The van der Waals surface area contributed by atoms with E-state index in [0.717, 1.165) is 12.1 Å². The monoisotopic (exact) mass is 313 g/mol. The van der Waals surface area contributed by atoms with Crippen LogP contribution in [0.2, 0.25) is 0 Å². The SMILES string of the molecule is CCC(NC(=S)Nc1ccc(N(C)C)cc1)c1ccccc1. The number of nitrogens with zero attached hydrogens (tertiary/aromatic N) is 1. The van der Waals surface area contributed by atoms with Crippen LogP contribution >= 0.6 is 12.2 Å². The van der Waals surface area contributed by atoms with Crippen molar-refractivity contribution in [1.82, 2.24) is 5.32 Å². The predicted octanol–water partition coefficient (Wildman–Crippen LogP) is 4.19. The number of hydrogen-bond donors (Lipinski definition) is 2. The van der Waals surface area contributed by atoms with Crippen LogP contribution < -0.4 is 15.5 Å². The summed E-state index contributed by atoms with van der Waals surface area (Å²) < 4.78 is 0.